The van der Waals surface area contributed by atoms with Gasteiger partial charge in [0.15, 0.2) is 11.5 Å². The van der Waals surface area contributed by atoms with Crippen LogP contribution in [0.2, 0.25) is 0 Å². The molecule has 0 aliphatic heterocycles. The van der Waals surface area contributed by atoms with E-state index in [0.29, 0.717) is 28.3 Å². The van der Waals surface area contributed by atoms with Gasteiger partial charge >= 0.3 is 0 Å². The molecule has 0 radical (unpaired) electrons. The molecule has 0 heterocycles. The monoisotopic (exact) mass is 380 g/mol. The van der Waals surface area contributed by atoms with Crippen LogP contribution < -0.4 is 20.1 Å². The van der Waals surface area contributed by atoms with Crippen molar-refractivity contribution in [2.45, 2.75) is 25.8 Å². The van der Waals surface area contributed by atoms with Gasteiger partial charge in [-0.3, -0.25) is 9.59 Å². The maximum Gasteiger partial charge on any atom is 0.255 e. The molecule has 6 nitrogen and oxygen atoms in total. The predicted octanol–water partition coefficient (Wildman–Crippen LogP) is 3.88. The molecule has 3 rings (SSSR count). The zero-order chi connectivity index (χ0) is 20.1. The fourth-order valence-electron chi connectivity index (χ4n) is 2.87. The molecule has 2 N–H and O–H groups in total. The van der Waals surface area contributed by atoms with Crippen molar-refractivity contribution in [3.8, 4) is 11.5 Å². The van der Waals surface area contributed by atoms with Gasteiger partial charge in [-0.2, -0.15) is 0 Å². The van der Waals surface area contributed by atoms with Gasteiger partial charge in [0.05, 0.1) is 14.2 Å². The average molecular weight is 380 g/mol. The summed E-state index contributed by atoms with van der Waals surface area (Å²) in [6.45, 7) is 1.89. The number of carbonyl (C=O) groups is 2. The molecule has 0 spiro atoms. The Morgan fingerprint density at radius 3 is 2.46 bits per heavy atom. The van der Waals surface area contributed by atoms with E-state index in [1.165, 1.54) is 7.11 Å². The normalized spacial score (nSPS) is 13.2. The highest BCUT2D eigenvalue weighted by Gasteiger charge is 2.24. The van der Waals surface area contributed by atoms with Gasteiger partial charge in [0.1, 0.15) is 0 Å². The smallest absolute Gasteiger partial charge is 0.255 e. The standard InChI is InChI=1S/C22H24N2O4/c1-4-6-14-11-16(13-19(27-2)20(14)28-3)22(26)24-18-8-5-7-15(12-18)21(25)23-17-9-10-17/h4-8,11-13,17H,9-10H2,1-3H3,(H,23,25)(H,24,26). The lowest BCUT2D eigenvalue weighted by atomic mass is 10.1. The molecular formula is C22H24N2O4. The molecule has 0 saturated heterocycles. The van der Waals surface area contributed by atoms with Gasteiger partial charge in [-0.05, 0) is 50.1 Å². The second-order valence-electron chi connectivity index (χ2n) is 6.58. The number of carbonyl (C=O) groups excluding carboxylic acids is 2. The lowest BCUT2D eigenvalue weighted by molar-refractivity contribution is 0.0949. The number of hydrogen-bond donors (Lipinski definition) is 2. The van der Waals surface area contributed by atoms with Crippen LogP contribution in [-0.4, -0.2) is 32.1 Å². The molecule has 1 saturated carbocycles. The number of methoxy groups -OCH3 is 2. The van der Waals surface area contributed by atoms with Crippen molar-refractivity contribution in [3.05, 3.63) is 59.2 Å². The first-order valence-corrected chi connectivity index (χ1v) is 9.16. The number of hydrogen-bond acceptors (Lipinski definition) is 4. The Labute approximate surface area is 164 Å². The van der Waals surface area contributed by atoms with Crippen LogP contribution in [0.1, 0.15) is 46.0 Å². The molecule has 1 fully saturated rings. The summed E-state index contributed by atoms with van der Waals surface area (Å²) in [4.78, 5) is 25.0. The maximum absolute atomic E-state index is 12.8. The zero-order valence-corrected chi connectivity index (χ0v) is 16.2. The van der Waals surface area contributed by atoms with E-state index in [9.17, 15) is 9.59 Å². The number of amides is 2. The first-order chi connectivity index (χ1) is 13.5. The van der Waals surface area contributed by atoms with Gasteiger partial charge in [-0.15, -0.1) is 0 Å². The van der Waals surface area contributed by atoms with Crippen LogP contribution in [-0.2, 0) is 0 Å². The predicted molar refractivity (Wildman–Crippen MR) is 109 cm³/mol. The molecule has 0 unspecified atom stereocenters. The minimum Gasteiger partial charge on any atom is -0.493 e. The highest BCUT2D eigenvalue weighted by atomic mass is 16.5. The Kier molecular flexibility index (Phi) is 5.99. The van der Waals surface area contributed by atoms with E-state index < -0.39 is 0 Å². The highest BCUT2D eigenvalue weighted by Crippen LogP contribution is 2.34. The number of rotatable bonds is 7. The molecule has 2 aromatic rings. The molecule has 146 valence electrons. The molecule has 28 heavy (non-hydrogen) atoms. The van der Waals surface area contributed by atoms with Gasteiger partial charge in [-0.1, -0.05) is 18.2 Å². The highest BCUT2D eigenvalue weighted by molar-refractivity contribution is 6.06. The Bertz CT molecular complexity index is 917. The second kappa shape index (κ2) is 8.61. The molecule has 0 atom stereocenters. The van der Waals surface area contributed by atoms with E-state index >= 15 is 0 Å². The number of anilines is 1. The molecule has 1 aliphatic carbocycles. The van der Waals surface area contributed by atoms with Crippen molar-refractivity contribution in [1.29, 1.82) is 0 Å². The van der Waals surface area contributed by atoms with Crippen LogP contribution in [0.5, 0.6) is 11.5 Å². The van der Waals surface area contributed by atoms with Crippen LogP contribution in [0.3, 0.4) is 0 Å². The fraction of sp³-hybridized carbons (Fsp3) is 0.273. The summed E-state index contributed by atoms with van der Waals surface area (Å²) in [5.41, 5.74) is 2.24. The summed E-state index contributed by atoms with van der Waals surface area (Å²) in [5, 5.41) is 5.78. The van der Waals surface area contributed by atoms with Gasteiger partial charge in [0.2, 0.25) is 0 Å². The van der Waals surface area contributed by atoms with E-state index in [-0.39, 0.29) is 17.9 Å². The summed E-state index contributed by atoms with van der Waals surface area (Å²) >= 11 is 0. The summed E-state index contributed by atoms with van der Waals surface area (Å²) in [5.74, 6) is 0.614. The van der Waals surface area contributed by atoms with Crippen molar-refractivity contribution in [3.63, 3.8) is 0 Å². The van der Waals surface area contributed by atoms with Crippen molar-refractivity contribution in [2.75, 3.05) is 19.5 Å². The van der Waals surface area contributed by atoms with Crippen LogP contribution in [0, 0.1) is 0 Å². The van der Waals surface area contributed by atoms with Crippen molar-refractivity contribution < 1.29 is 19.1 Å². The summed E-state index contributed by atoms with van der Waals surface area (Å²) in [6, 6.07) is 10.5. The Morgan fingerprint density at radius 2 is 1.82 bits per heavy atom. The van der Waals surface area contributed by atoms with Crippen molar-refractivity contribution in [1.82, 2.24) is 5.32 Å². The zero-order valence-electron chi connectivity index (χ0n) is 16.2. The third-order valence-corrected chi connectivity index (χ3v) is 4.41. The average Bonchev–Trinajstić information content (AvgIpc) is 3.51. The Hall–Kier alpha value is -3.28. The van der Waals surface area contributed by atoms with Crippen LogP contribution in [0.15, 0.2) is 42.5 Å². The SMILES string of the molecule is CC=Cc1cc(C(=O)Nc2cccc(C(=O)NC3CC3)c2)cc(OC)c1OC. The van der Waals surface area contributed by atoms with Gasteiger partial charge in [0.25, 0.3) is 11.8 Å². The quantitative estimate of drug-likeness (QED) is 0.764. The Morgan fingerprint density at radius 1 is 1.04 bits per heavy atom. The minimum absolute atomic E-state index is 0.125. The van der Waals surface area contributed by atoms with Crippen LogP contribution >= 0.6 is 0 Å². The van der Waals surface area contributed by atoms with E-state index in [1.807, 2.05) is 19.1 Å². The first kappa shape index (κ1) is 19.5. The van der Waals surface area contributed by atoms with E-state index in [1.54, 1.807) is 43.5 Å². The molecule has 2 aromatic carbocycles. The van der Waals surface area contributed by atoms with Gasteiger partial charge < -0.3 is 20.1 Å². The molecule has 1 aliphatic rings. The topological polar surface area (TPSA) is 76.7 Å². The third-order valence-electron chi connectivity index (χ3n) is 4.41. The first-order valence-electron chi connectivity index (χ1n) is 9.16. The molecule has 0 aromatic heterocycles. The van der Waals surface area contributed by atoms with E-state index in [4.69, 9.17) is 9.47 Å². The number of nitrogens with one attached hydrogen (secondary N) is 2. The van der Waals surface area contributed by atoms with Crippen molar-refractivity contribution in [2.24, 2.45) is 0 Å². The minimum atomic E-state index is -0.300. The molecular weight excluding hydrogens is 356 g/mol. The number of ether oxygens (including phenoxy) is 2. The largest absolute Gasteiger partial charge is 0.493 e. The lowest BCUT2D eigenvalue weighted by Crippen LogP contribution is -2.25. The third kappa shape index (κ3) is 4.52. The van der Waals surface area contributed by atoms with E-state index in [0.717, 1.165) is 18.4 Å². The molecule has 2 amide bonds. The fourth-order valence-corrected chi connectivity index (χ4v) is 2.87. The lowest BCUT2D eigenvalue weighted by Gasteiger charge is -2.13. The van der Waals surface area contributed by atoms with Crippen LogP contribution in [0.25, 0.3) is 6.08 Å². The summed E-state index contributed by atoms with van der Waals surface area (Å²) in [7, 11) is 3.09. The van der Waals surface area contributed by atoms with E-state index in [2.05, 4.69) is 10.6 Å². The second-order valence-corrected chi connectivity index (χ2v) is 6.58. The van der Waals surface area contributed by atoms with Crippen molar-refractivity contribution >= 4 is 23.6 Å². The summed E-state index contributed by atoms with van der Waals surface area (Å²) in [6.07, 6.45) is 5.76. The summed E-state index contributed by atoms with van der Waals surface area (Å²) < 4.78 is 10.8. The molecule has 6 heteroatoms. The number of benzene rings is 2. The molecule has 0 bridgehead atoms. The maximum atomic E-state index is 12.8. The van der Waals surface area contributed by atoms with Gasteiger partial charge in [-0.25, -0.2) is 0 Å². The number of allylic oxidation sites excluding steroid dienone is 1. The Balaban J connectivity index is 1.82. The van der Waals surface area contributed by atoms with Gasteiger partial charge in [0, 0.05) is 28.4 Å². The van der Waals surface area contributed by atoms with Crippen LogP contribution in [0.4, 0.5) is 5.69 Å².